The first-order chi connectivity index (χ1) is 10.8. The van der Waals surface area contributed by atoms with Crippen LogP contribution >= 0.6 is 0 Å². The maximum atomic E-state index is 12.1. The zero-order valence-electron chi connectivity index (χ0n) is 12.6. The Morgan fingerprint density at radius 2 is 1.96 bits per heavy atom. The number of carbonyl (C=O) groups excluding carboxylic acids is 2. The Balaban J connectivity index is 2.74. The number of carbonyl (C=O) groups is 2. The Hall–Kier alpha value is -2.39. The minimum Gasteiger partial charge on any atom is -0.365 e. The van der Waals surface area contributed by atoms with Crippen molar-refractivity contribution in [1.82, 2.24) is 10.0 Å². The van der Waals surface area contributed by atoms with Gasteiger partial charge in [0.1, 0.15) is 6.10 Å². The third kappa shape index (κ3) is 6.09. The highest BCUT2D eigenvalue weighted by atomic mass is 32.2. The first kappa shape index (κ1) is 18.7. The van der Waals surface area contributed by atoms with E-state index in [1.54, 1.807) is 0 Å². The molecular weight excluding hydrogens is 322 g/mol. The van der Waals surface area contributed by atoms with Gasteiger partial charge in [-0.3, -0.25) is 4.79 Å². The van der Waals surface area contributed by atoms with E-state index < -0.39 is 28.1 Å². The van der Waals surface area contributed by atoms with E-state index in [1.807, 2.05) is 4.72 Å². The number of nitrogens with two attached hydrogens (primary N) is 1. The lowest BCUT2D eigenvalue weighted by Gasteiger charge is -2.13. The maximum Gasteiger partial charge on any atom is 0.312 e. The highest BCUT2D eigenvalue weighted by molar-refractivity contribution is 7.90. The molecule has 8 nitrogen and oxygen atoms in total. The summed E-state index contributed by atoms with van der Waals surface area (Å²) in [6, 6.07) is 4.98. The first-order valence-corrected chi connectivity index (χ1v) is 8.16. The lowest BCUT2D eigenvalue weighted by atomic mass is 10.2. The maximum absolute atomic E-state index is 12.1. The number of ether oxygens (including phenoxy) is 1. The van der Waals surface area contributed by atoms with Crippen LogP contribution in [0.2, 0.25) is 0 Å². The Morgan fingerprint density at radius 3 is 2.48 bits per heavy atom. The highest BCUT2D eigenvalue weighted by Crippen LogP contribution is 2.11. The van der Waals surface area contributed by atoms with Crippen molar-refractivity contribution in [3.63, 3.8) is 0 Å². The molecule has 1 atom stereocenters. The summed E-state index contributed by atoms with van der Waals surface area (Å²) in [5.74, 6) is -0.772. The Labute approximate surface area is 134 Å². The molecule has 0 aromatic heterocycles. The van der Waals surface area contributed by atoms with Gasteiger partial charge in [0.05, 0.1) is 11.5 Å². The van der Waals surface area contributed by atoms with E-state index >= 15 is 0 Å². The summed E-state index contributed by atoms with van der Waals surface area (Å²) in [5.41, 5.74) is 5.61. The van der Waals surface area contributed by atoms with E-state index in [0.717, 1.165) is 0 Å². The van der Waals surface area contributed by atoms with Crippen molar-refractivity contribution < 1.29 is 22.7 Å². The third-order valence-electron chi connectivity index (χ3n) is 2.77. The van der Waals surface area contributed by atoms with Crippen molar-refractivity contribution in [3.05, 3.63) is 42.5 Å². The second-order valence-corrected chi connectivity index (χ2v) is 6.28. The number of hydrogen-bond acceptors (Lipinski definition) is 5. The van der Waals surface area contributed by atoms with E-state index in [9.17, 15) is 18.0 Å². The topological polar surface area (TPSA) is 128 Å². The van der Waals surface area contributed by atoms with Gasteiger partial charge in [-0.05, 0) is 24.6 Å². The van der Waals surface area contributed by atoms with Crippen LogP contribution in [-0.2, 0) is 26.1 Å². The highest BCUT2D eigenvalue weighted by Gasteiger charge is 2.21. The molecule has 4 N–H and O–H groups in total. The van der Waals surface area contributed by atoms with Crippen LogP contribution < -0.4 is 15.8 Å². The summed E-state index contributed by atoms with van der Waals surface area (Å²) in [6.07, 6.45) is 0.527. The second kappa shape index (κ2) is 8.30. The molecule has 0 unspecified atom stereocenters. The van der Waals surface area contributed by atoms with Gasteiger partial charge in [-0.2, -0.15) is 0 Å². The van der Waals surface area contributed by atoms with Crippen LogP contribution in [0.25, 0.3) is 0 Å². The van der Waals surface area contributed by atoms with Crippen molar-refractivity contribution >= 4 is 22.0 Å². The molecule has 0 spiro atoms. The molecule has 126 valence electrons. The van der Waals surface area contributed by atoms with Gasteiger partial charge in [0.15, 0.2) is 0 Å². The summed E-state index contributed by atoms with van der Waals surface area (Å²) < 4.78 is 31.2. The number of urea groups is 1. The Morgan fingerprint density at radius 1 is 1.35 bits per heavy atom. The molecule has 0 fully saturated rings. The monoisotopic (exact) mass is 341 g/mol. The Bertz CT molecular complexity index is 670. The Kier molecular flexibility index (Phi) is 6.73. The summed E-state index contributed by atoms with van der Waals surface area (Å²) in [4.78, 5) is 22.3. The average molecular weight is 341 g/mol. The number of amides is 3. The van der Waals surface area contributed by atoms with E-state index in [-0.39, 0.29) is 18.0 Å². The number of hydrogen-bond donors (Lipinski definition) is 3. The molecule has 0 saturated heterocycles. The zero-order chi connectivity index (χ0) is 17.5. The quantitative estimate of drug-likeness (QED) is 0.584. The van der Waals surface area contributed by atoms with E-state index in [2.05, 4.69) is 11.9 Å². The van der Waals surface area contributed by atoms with Crippen LogP contribution in [0.3, 0.4) is 0 Å². The molecule has 0 aliphatic rings. The summed E-state index contributed by atoms with van der Waals surface area (Å²) in [7, 11) is -4.00. The molecule has 0 bridgehead atoms. The lowest BCUT2D eigenvalue weighted by Crippen LogP contribution is -2.38. The number of nitrogens with one attached hydrogen (secondary N) is 2. The molecule has 1 aromatic rings. The van der Waals surface area contributed by atoms with Crippen LogP contribution in [0.1, 0.15) is 12.5 Å². The molecule has 3 amide bonds. The molecule has 0 saturated carbocycles. The molecule has 23 heavy (non-hydrogen) atoms. The third-order valence-corrected chi connectivity index (χ3v) is 4.13. The van der Waals surface area contributed by atoms with E-state index in [1.165, 1.54) is 37.3 Å². The fourth-order valence-electron chi connectivity index (χ4n) is 1.54. The lowest BCUT2D eigenvalue weighted by molar-refractivity contribution is -0.129. The smallest absolute Gasteiger partial charge is 0.312 e. The van der Waals surface area contributed by atoms with Gasteiger partial charge in [0.25, 0.3) is 15.9 Å². The standard InChI is InChI=1S/C14H19N3O5S/c1-3-8-22-10(2)13(18)17-23(20,21)12-6-4-11(5-7-12)9-16-14(15)19/h3-7,10H,1,8-9H2,2H3,(H,17,18)(H3,15,16,19)/t10-/m1/s1. The van der Waals surface area contributed by atoms with Crippen LogP contribution in [-0.4, -0.2) is 33.1 Å². The first-order valence-electron chi connectivity index (χ1n) is 6.67. The number of rotatable bonds is 8. The number of primary amides is 1. The van der Waals surface area contributed by atoms with Crippen molar-refractivity contribution in [1.29, 1.82) is 0 Å². The minimum atomic E-state index is -4.00. The fourth-order valence-corrected chi connectivity index (χ4v) is 2.58. The van der Waals surface area contributed by atoms with Gasteiger partial charge < -0.3 is 15.8 Å². The largest absolute Gasteiger partial charge is 0.365 e. The van der Waals surface area contributed by atoms with Gasteiger partial charge >= 0.3 is 6.03 Å². The van der Waals surface area contributed by atoms with Crippen LogP contribution in [0.4, 0.5) is 4.79 Å². The van der Waals surface area contributed by atoms with Gasteiger partial charge in [-0.15, -0.1) is 6.58 Å². The normalized spacial score (nSPS) is 12.2. The van der Waals surface area contributed by atoms with Crippen LogP contribution in [0, 0.1) is 0 Å². The SMILES string of the molecule is C=CCO[C@H](C)C(=O)NS(=O)(=O)c1ccc(CNC(N)=O)cc1. The average Bonchev–Trinajstić information content (AvgIpc) is 2.50. The van der Waals surface area contributed by atoms with E-state index in [4.69, 9.17) is 10.5 Å². The van der Waals surface area contributed by atoms with Crippen molar-refractivity contribution in [2.75, 3.05) is 6.61 Å². The number of benzene rings is 1. The summed E-state index contributed by atoms with van der Waals surface area (Å²) >= 11 is 0. The molecule has 0 aliphatic heterocycles. The van der Waals surface area contributed by atoms with E-state index in [0.29, 0.717) is 5.56 Å². The van der Waals surface area contributed by atoms with Crippen molar-refractivity contribution in [3.8, 4) is 0 Å². The number of sulfonamides is 1. The van der Waals surface area contributed by atoms with Crippen molar-refractivity contribution in [2.24, 2.45) is 5.73 Å². The minimum absolute atomic E-state index is 0.0791. The molecule has 0 heterocycles. The van der Waals surface area contributed by atoms with Crippen LogP contribution in [0.5, 0.6) is 0 Å². The van der Waals surface area contributed by atoms with Gasteiger partial charge in [-0.25, -0.2) is 17.9 Å². The molecule has 1 rings (SSSR count). The predicted molar refractivity (Wildman–Crippen MR) is 83.8 cm³/mol. The fraction of sp³-hybridized carbons (Fsp3) is 0.286. The molecule has 0 aliphatic carbocycles. The second-order valence-electron chi connectivity index (χ2n) is 4.60. The van der Waals surface area contributed by atoms with Gasteiger partial charge in [0, 0.05) is 6.54 Å². The van der Waals surface area contributed by atoms with Gasteiger partial charge in [0.2, 0.25) is 0 Å². The van der Waals surface area contributed by atoms with Crippen LogP contribution in [0.15, 0.2) is 41.8 Å². The van der Waals surface area contributed by atoms with Crippen molar-refractivity contribution in [2.45, 2.75) is 24.5 Å². The molecule has 0 radical (unpaired) electrons. The zero-order valence-corrected chi connectivity index (χ0v) is 13.4. The molecular formula is C14H19N3O5S. The summed E-state index contributed by atoms with van der Waals surface area (Å²) in [6.45, 7) is 5.19. The summed E-state index contributed by atoms with van der Waals surface area (Å²) in [5, 5.41) is 2.38. The molecule has 9 heteroatoms. The predicted octanol–water partition coefficient (Wildman–Crippen LogP) is 0.251. The molecule has 1 aromatic carbocycles. The van der Waals surface area contributed by atoms with Gasteiger partial charge in [-0.1, -0.05) is 18.2 Å².